The Bertz CT molecular complexity index is 499. The zero-order valence-corrected chi connectivity index (χ0v) is 8.73. The maximum absolute atomic E-state index is 11.4. The molecule has 86 valence electrons. The number of aromatic nitrogens is 2. The molecule has 0 spiro atoms. The lowest BCUT2D eigenvalue weighted by Crippen LogP contribution is -2.36. The molecule has 1 aromatic heterocycles. The van der Waals surface area contributed by atoms with Crippen LogP contribution in [0.1, 0.15) is 12.8 Å². The van der Waals surface area contributed by atoms with Crippen LogP contribution in [0.4, 0.5) is 0 Å². The van der Waals surface area contributed by atoms with Crippen LogP contribution < -0.4 is 16.6 Å². The summed E-state index contributed by atoms with van der Waals surface area (Å²) in [5.74, 6) is 0.400. The van der Waals surface area contributed by atoms with Crippen molar-refractivity contribution in [2.45, 2.75) is 19.4 Å². The minimum atomic E-state index is -0.561. The summed E-state index contributed by atoms with van der Waals surface area (Å²) in [6.45, 7) is 0.624. The van der Waals surface area contributed by atoms with E-state index < -0.39 is 11.2 Å². The fourth-order valence-corrected chi connectivity index (χ4v) is 1.36. The second-order valence-electron chi connectivity index (χ2n) is 3.99. The molecule has 2 rings (SSSR count). The van der Waals surface area contributed by atoms with Crippen molar-refractivity contribution >= 4 is 5.91 Å². The Balaban J connectivity index is 1.94. The molecule has 0 bridgehead atoms. The highest BCUT2D eigenvalue weighted by Gasteiger charge is 2.21. The first-order valence-electron chi connectivity index (χ1n) is 5.21. The molecule has 16 heavy (non-hydrogen) atoms. The van der Waals surface area contributed by atoms with Crippen LogP contribution in [0.2, 0.25) is 0 Å². The van der Waals surface area contributed by atoms with E-state index in [2.05, 4.69) is 10.3 Å². The van der Waals surface area contributed by atoms with E-state index in [1.54, 1.807) is 0 Å². The van der Waals surface area contributed by atoms with Gasteiger partial charge in [0.1, 0.15) is 6.54 Å². The number of rotatable bonds is 4. The predicted molar refractivity (Wildman–Crippen MR) is 57.1 cm³/mol. The van der Waals surface area contributed by atoms with Crippen LogP contribution in [0, 0.1) is 5.92 Å². The smallest absolute Gasteiger partial charge is 0.328 e. The summed E-state index contributed by atoms with van der Waals surface area (Å²) in [7, 11) is 0. The van der Waals surface area contributed by atoms with Crippen molar-refractivity contribution in [2.75, 3.05) is 6.54 Å². The Morgan fingerprint density at radius 2 is 2.25 bits per heavy atom. The minimum absolute atomic E-state index is 0.0532. The Morgan fingerprint density at radius 1 is 1.50 bits per heavy atom. The summed E-state index contributed by atoms with van der Waals surface area (Å²) in [4.78, 5) is 35.5. The molecule has 1 amide bonds. The van der Waals surface area contributed by atoms with E-state index >= 15 is 0 Å². The van der Waals surface area contributed by atoms with Crippen molar-refractivity contribution in [2.24, 2.45) is 5.92 Å². The number of carbonyl (C=O) groups excluding carboxylic acids is 1. The van der Waals surface area contributed by atoms with Crippen LogP contribution in [-0.2, 0) is 11.3 Å². The highest BCUT2D eigenvalue weighted by molar-refractivity contribution is 5.75. The Morgan fingerprint density at radius 3 is 2.88 bits per heavy atom. The van der Waals surface area contributed by atoms with Gasteiger partial charge in [0, 0.05) is 18.8 Å². The van der Waals surface area contributed by atoms with Crippen LogP contribution in [0.15, 0.2) is 21.9 Å². The first-order valence-corrected chi connectivity index (χ1v) is 5.21. The van der Waals surface area contributed by atoms with Gasteiger partial charge in [-0.3, -0.25) is 19.1 Å². The van der Waals surface area contributed by atoms with E-state index in [4.69, 9.17) is 0 Å². The van der Waals surface area contributed by atoms with E-state index in [0.29, 0.717) is 12.5 Å². The highest BCUT2D eigenvalue weighted by Crippen LogP contribution is 2.27. The van der Waals surface area contributed by atoms with E-state index in [0.717, 1.165) is 0 Å². The van der Waals surface area contributed by atoms with E-state index in [1.165, 1.54) is 29.7 Å². The summed E-state index contributed by atoms with van der Waals surface area (Å²) in [6.07, 6.45) is 3.65. The van der Waals surface area contributed by atoms with Crippen molar-refractivity contribution < 1.29 is 4.79 Å². The maximum atomic E-state index is 11.4. The van der Waals surface area contributed by atoms with Crippen molar-refractivity contribution in [1.29, 1.82) is 0 Å². The van der Waals surface area contributed by atoms with Gasteiger partial charge in [-0.1, -0.05) is 0 Å². The van der Waals surface area contributed by atoms with Crippen LogP contribution in [0.5, 0.6) is 0 Å². The molecule has 0 unspecified atom stereocenters. The Kier molecular flexibility index (Phi) is 2.89. The lowest BCUT2D eigenvalue weighted by Gasteiger charge is -2.05. The van der Waals surface area contributed by atoms with Gasteiger partial charge in [-0.25, -0.2) is 4.79 Å². The van der Waals surface area contributed by atoms with Crippen LogP contribution in [0.3, 0.4) is 0 Å². The number of hydrogen-bond donors (Lipinski definition) is 2. The van der Waals surface area contributed by atoms with Gasteiger partial charge in [0.15, 0.2) is 0 Å². The Hall–Kier alpha value is -1.85. The summed E-state index contributed by atoms with van der Waals surface area (Å²) < 4.78 is 1.17. The zero-order valence-electron chi connectivity index (χ0n) is 8.73. The number of nitrogens with one attached hydrogen (secondary N) is 2. The molecule has 0 atom stereocenters. The van der Waals surface area contributed by atoms with Crippen LogP contribution >= 0.6 is 0 Å². The lowest BCUT2D eigenvalue weighted by molar-refractivity contribution is -0.121. The lowest BCUT2D eigenvalue weighted by atomic mass is 10.4. The molecule has 1 heterocycles. The third kappa shape index (κ3) is 2.82. The fourth-order valence-electron chi connectivity index (χ4n) is 1.36. The molecule has 1 fully saturated rings. The van der Waals surface area contributed by atoms with Gasteiger partial charge in [0.05, 0.1) is 0 Å². The normalized spacial score (nSPS) is 14.8. The highest BCUT2D eigenvalue weighted by atomic mass is 16.2. The molecule has 0 radical (unpaired) electrons. The van der Waals surface area contributed by atoms with E-state index in [-0.39, 0.29) is 12.5 Å². The first-order chi connectivity index (χ1) is 7.65. The summed E-state index contributed by atoms with van der Waals surface area (Å²) >= 11 is 0. The second-order valence-corrected chi connectivity index (χ2v) is 3.99. The minimum Gasteiger partial charge on any atom is -0.354 e. The topological polar surface area (TPSA) is 84.0 Å². The first kappa shape index (κ1) is 10.7. The standard InChI is InChI=1S/C10H13N3O3/c14-8-3-4-13(10(16)12-8)6-9(15)11-5-7-1-2-7/h3-4,7H,1-2,5-6H2,(H,11,15)(H,12,14,16). The summed E-state index contributed by atoms with van der Waals surface area (Å²) in [5, 5.41) is 2.74. The molecule has 0 aromatic carbocycles. The van der Waals surface area contributed by atoms with Crippen molar-refractivity contribution in [3.63, 3.8) is 0 Å². The maximum Gasteiger partial charge on any atom is 0.328 e. The largest absolute Gasteiger partial charge is 0.354 e. The van der Waals surface area contributed by atoms with Gasteiger partial charge in [-0.2, -0.15) is 0 Å². The molecular weight excluding hydrogens is 210 g/mol. The summed E-state index contributed by atoms with van der Waals surface area (Å²) in [5.41, 5.74) is -1.02. The van der Waals surface area contributed by atoms with E-state index in [1.807, 2.05) is 0 Å². The molecule has 0 saturated heterocycles. The average molecular weight is 223 g/mol. The summed E-state index contributed by atoms with van der Waals surface area (Å²) in [6, 6.07) is 1.22. The molecule has 1 aliphatic carbocycles. The van der Waals surface area contributed by atoms with Gasteiger partial charge >= 0.3 is 5.69 Å². The van der Waals surface area contributed by atoms with Gasteiger partial charge in [-0.05, 0) is 18.8 Å². The number of nitrogens with zero attached hydrogens (tertiary/aromatic N) is 1. The molecule has 1 aliphatic rings. The number of aromatic amines is 1. The van der Waals surface area contributed by atoms with Crippen molar-refractivity contribution in [1.82, 2.24) is 14.9 Å². The average Bonchev–Trinajstić information content (AvgIpc) is 3.03. The Labute approximate surface area is 91.3 Å². The third-order valence-corrected chi connectivity index (χ3v) is 2.50. The van der Waals surface area contributed by atoms with Crippen molar-refractivity contribution in [3.8, 4) is 0 Å². The molecule has 0 aliphatic heterocycles. The van der Waals surface area contributed by atoms with E-state index in [9.17, 15) is 14.4 Å². The monoisotopic (exact) mass is 223 g/mol. The zero-order chi connectivity index (χ0) is 11.5. The molecule has 6 nitrogen and oxygen atoms in total. The third-order valence-electron chi connectivity index (χ3n) is 2.50. The SMILES string of the molecule is O=C(Cn1ccc(=O)[nH]c1=O)NCC1CC1. The number of amides is 1. The molecule has 2 N–H and O–H groups in total. The van der Waals surface area contributed by atoms with Gasteiger partial charge in [0.25, 0.3) is 5.56 Å². The number of hydrogen-bond acceptors (Lipinski definition) is 3. The van der Waals surface area contributed by atoms with Gasteiger partial charge in [0.2, 0.25) is 5.91 Å². The van der Waals surface area contributed by atoms with Crippen LogP contribution in [0.25, 0.3) is 0 Å². The molecule has 1 aromatic rings. The predicted octanol–water partition coefficient (Wildman–Crippen LogP) is -0.937. The van der Waals surface area contributed by atoms with Crippen LogP contribution in [-0.4, -0.2) is 22.0 Å². The number of H-pyrrole nitrogens is 1. The van der Waals surface area contributed by atoms with Gasteiger partial charge in [-0.15, -0.1) is 0 Å². The number of carbonyl (C=O) groups is 1. The van der Waals surface area contributed by atoms with Gasteiger partial charge < -0.3 is 5.32 Å². The second kappa shape index (κ2) is 4.34. The van der Waals surface area contributed by atoms with Crippen molar-refractivity contribution in [3.05, 3.63) is 33.1 Å². The fraction of sp³-hybridized carbons (Fsp3) is 0.500. The molecule has 1 saturated carbocycles. The quantitative estimate of drug-likeness (QED) is 0.691. The molecular formula is C10H13N3O3. The molecule has 6 heteroatoms.